The van der Waals surface area contributed by atoms with Crippen LogP contribution in [0.4, 0.5) is 0 Å². The first-order valence-electron chi connectivity index (χ1n) is 10.6. The van der Waals surface area contributed by atoms with E-state index in [-0.39, 0.29) is 33.8 Å². The predicted octanol–water partition coefficient (Wildman–Crippen LogP) is 2.70. The third kappa shape index (κ3) is 3.51. The zero-order chi connectivity index (χ0) is 20.9. The Kier molecular flexibility index (Phi) is 5.28. The Bertz CT molecular complexity index is 870. The topological polar surface area (TPSA) is 84.5 Å². The van der Waals surface area contributed by atoms with Gasteiger partial charge in [0.15, 0.2) is 0 Å². The van der Waals surface area contributed by atoms with E-state index in [9.17, 15) is 13.2 Å². The fourth-order valence-electron chi connectivity index (χ4n) is 6.42. The Balaban J connectivity index is 1.45. The van der Waals surface area contributed by atoms with Crippen LogP contribution >= 0.6 is 0 Å². The number of fused-ring (bicyclic) bond motifs is 1. The molecule has 0 radical (unpaired) electrons. The smallest absolute Gasteiger partial charge is 0.240 e. The minimum Gasteiger partial charge on any atom is -0.378 e. The van der Waals surface area contributed by atoms with Gasteiger partial charge in [-0.1, -0.05) is 32.0 Å². The maximum atomic E-state index is 12.5. The average Bonchev–Trinajstić information content (AvgIpc) is 3.16. The predicted molar refractivity (Wildman–Crippen MR) is 111 cm³/mol. The van der Waals surface area contributed by atoms with Crippen LogP contribution in [-0.2, 0) is 19.6 Å². The first-order valence-corrected chi connectivity index (χ1v) is 12.1. The lowest BCUT2D eigenvalue weighted by Crippen LogP contribution is -2.60. The molecule has 2 aliphatic carbocycles. The third-order valence-electron chi connectivity index (χ3n) is 7.74. The molecule has 0 aromatic heterocycles. The molecule has 7 heteroatoms. The van der Waals surface area contributed by atoms with Crippen LogP contribution in [0.15, 0.2) is 35.2 Å². The van der Waals surface area contributed by atoms with Crippen molar-refractivity contribution in [3.63, 3.8) is 0 Å². The third-order valence-corrected chi connectivity index (χ3v) is 9.22. The minimum atomic E-state index is -3.50. The number of benzene rings is 1. The summed E-state index contributed by atoms with van der Waals surface area (Å²) >= 11 is 0. The van der Waals surface area contributed by atoms with Crippen LogP contribution < -0.4 is 10.0 Å². The molecule has 2 bridgehead atoms. The van der Waals surface area contributed by atoms with Gasteiger partial charge in [0.25, 0.3) is 0 Å². The summed E-state index contributed by atoms with van der Waals surface area (Å²) in [4.78, 5) is 12.2. The molecule has 4 rings (SSSR count). The second-order valence-corrected chi connectivity index (χ2v) is 11.4. The number of amides is 1. The Hall–Kier alpha value is -1.44. The van der Waals surface area contributed by atoms with Crippen molar-refractivity contribution in [2.45, 2.75) is 63.5 Å². The highest BCUT2D eigenvalue weighted by Gasteiger charge is 2.68. The van der Waals surface area contributed by atoms with Crippen molar-refractivity contribution in [3.8, 4) is 0 Å². The fraction of sp³-hybridized carbons (Fsp3) is 0.682. The molecule has 1 aromatic rings. The molecule has 1 amide bonds. The molecule has 1 aromatic carbocycles. The number of carbonyl (C=O) groups excluding carboxylic acids is 1. The van der Waals surface area contributed by atoms with Gasteiger partial charge in [0.1, 0.15) is 0 Å². The van der Waals surface area contributed by atoms with Gasteiger partial charge in [0.05, 0.1) is 11.0 Å². The highest BCUT2D eigenvalue weighted by molar-refractivity contribution is 7.89. The van der Waals surface area contributed by atoms with E-state index in [1.165, 1.54) is 0 Å². The van der Waals surface area contributed by atoms with Crippen LogP contribution in [0.3, 0.4) is 0 Å². The first-order chi connectivity index (χ1) is 13.7. The molecule has 6 nitrogen and oxygen atoms in total. The molecular weight excluding hydrogens is 388 g/mol. The Labute approximate surface area is 173 Å². The Morgan fingerprint density at radius 1 is 1.24 bits per heavy atom. The lowest BCUT2D eigenvalue weighted by atomic mass is 9.59. The Morgan fingerprint density at radius 3 is 2.66 bits per heavy atom. The molecule has 3 aliphatic rings. The monoisotopic (exact) mass is 420 g/mol. The second-order valence-electron chi connectivity index (χ2n) is 9.59. The number of rotatable bonds is 6. The molecule has 3 fully saturated rings. The maximum Gasteiger partial charge on any atom is 0.240 e. The van der Waals surface area contributed by atoms with Gasteiger partial charge >= 0.3 is 0 Å². The Morgan fingerprint density at radius 2 is 1.97 bits per heavy atom. The molecule has 1 aliphatic heterocycles. The van der Waals surface area contributed by atoms with E-state index in [1.807, 2.05) is 0 Å². The van der Waals surface area contributed by atoms with Crippen LogP contribution in [-0.4, -0.2) is 39.6 Å². The summed E-state index contributed by atoms with van der Waals surface area (Å²) in [5.41, 5.74) is 0.153. The quantitative estimate of drug-likeness (QED) is 0.741. The van der Waals surface area contributed by atoms with Gasteiger partial charge in [-0.25, -0.2) is 13.1 Å². The summed E-state index contributed by atoms with van der Waals surface area (Å²) in [6.07, 6.45) is 3.87. The summed E-state index contributed by atoms with van der Waals surface area (Å²) in [5.74, 6) is 0.962. The molecule has 2 N–H and O–H groups in total. The van der Waals surface area contributed by atoms with Gasteiger partial charge in [-0.15, -0.1) is 0 Å². The highest BCUT2D eigenvalue weighted by atomic mass is 32.2. The molecular formula is C22H32N2O4S. The fourth-order valence-corrected chi connectivity index (χ4v) is 7.48. The number of hydrogen-bond acceptors (Lipinski definition) is 4. The number of ether oxygens (including phenoxy) is 1. The molecule has 160 valence electrons. The van der Waals surface area contributed by atoms with E-state index in [2.05, 4.69) is 23.9 Å². The van der Waals surface area contributed by atoms with Crippen LogP contribution in [0.1, 0.15) is 46.5 Å². The number of nitrogens with one attached hydrogen (secondary N) is 2. The average molecular weight is 421 g/mol. The van der Waals surface area contributed by atoms with E-state index < -0.39 is 10.0 Å². The van der Waals surface area contributed by atoms with Crippen LogP contribution in [0.2, 0.25) is 0 Å². The lowest BCUT2D eigenvalue weighted by Gasteiger charge is -2.53. The zero-order valence-electron chi connectivity index (χ0n) is 17.5. The first kappa shape index (κ1) is 20.8. The number of carbonyl (C=O) groups is 1. The SMILES string of the molecule is CC(=O)N[C@H]1C(C)(C)[C@@H]2C[C@@H]3[C@@H](CCNS(=O)(=O)c4ccccc4)OCCC31C2. The van der Waals surface area contributed by atoms with Crippen LogP contribution in [0.25, 0.3) is 0 Å². The summed E-state index contributed by atoms with van der Waals surface area (Å²) in [6, 6.07) is 8.61. The van der Waals surface area contributed by atoms with Crippen LogP contribution in [0, 0.1) is 22.7 Å². The normalized spacial score (nSPS) is 35.3. The molecule has 1 saturated heterocycles. The van der Waals surface area contributed by atoms with E-state index in [0.717, 1.165) is 19.3 Å². The van der Waals surface area contributed by atoms with Crippen molar-refractivity contribution >= 4 is 15.9 Å². The van der Waals surface area contributed by atoms with E-state index in [1.54, 1.807) is 37.3 Å². The van der Waals surface area contributed by atoms with E-state index in [4.69, 9.17) is 4.74 Å². The van der Waals surface area contributed by atoms with E-state index >= 15 is 0 Å². The van der Waals surface area contributed by atoms with Gasteiger partial charge in [-0.2, -0.15) is 0 Å². The standard InChI is InChI=1S/C22H32N2O4S/c1-15(25)24-20-21(2,3)16-13-18-19(28-12-10-22(18,20)14-16)9-11-23-29(26,27)17-7-5-4-6-8-17/h4-8,16,18-20,23H,9-14H2,1-3H3,(H,24,25)/t16-,18-,19-,20+,22?/m1/s1. The summed E-state index contributed by atoms with van der Waals surface area (Å²) < 4.78 is 33.8. The van der Waals surface area contributed by atoms with Gasteiger partial charge < -0.3 is 10.1 Å². The second kappa shape index (κ2) is 7.36. The summed E-state index contributed by atoms with van der Waals surface area (Å²) in [5, 5.41) is 3.27. The zero-order valence-corrected chi connectivity index (χ0v) is 18.3. The number of hydrogen-bond donors (Lipinski definition) is 2. The van der Waals surface area contributed by atoms with Crippen molar-refractivity contribution in [1.29, 1.82) is 0 Å². The number of sulfonamides is 1. The highest BCUT2D eigenvalue weighted by Crippen LogP contribution is 2.68. The van der Waals surface area contributed by atoms with Crippen molar-refractivity contribution in [2.75, 3.05) is 13.2 Å². The molecule has 2 saturated carbocycles. The summed E-state index contributed by atoms with van der Waals surface area (Å²) in [7, 11) is -3.50. The largest absolute Gasteiger partial charge is 0.378 e. The molecule has 29 heavy (non-hydrogen) atoms. The van der Waals surface area contributed by atoms with Gasteiger partial charge in [-0.3, -0.25) is 4.79 Å². The molecule has 1 spiro atoms. The maximum absolute atomic E-state index is 12.5. The van der Waals surface area contributed by atoms with Crippen molar-refractivity contribution < 1.29 is 17.9 Å². The molecule has 5 atom stereocenters. The van der Waals surface area contributed by atoms with Crippen molar-refractivity contribution in [1.82, 2.24) is 10.0 Å². The van der Waals surface area contributed by atoms with Crippen molar-refractivity contribution in [3.05, 3.63) is 30.3 Å². The van der Waals surface area contributed by atoms with Crippen molar-refractivity contribution in [2.24, 2.45) is 22.7 Å². The summed E-state index contributed by atoms with van der Waals surface area (Å²) in [6.45, 7) is 7.19. The van der Waals surface area contributed by atoms with E-state index in [0.29, 0.717) is 31.4 Å². The van der Waals surface area contributed by atoms with Gasteiger partial charge in [-0.05, 0) is 60.5 Å². The lowest BCUT2D eigenvalue weighted by molar-refractivity contribution is -0.135. The molecule has 1 heterocycles. The van der Waals surface area contributed by atoms with Crippen LogP contribution in [0.5, 0.6) is 0 Å². The molecule has 1 unspecified atom stereocenters. The van der Waals surface area contributed by atoms with Gasteiger partial charge in [0, 0.05) is 26.1 Å². The minimum absolute atomic E-state index is 0.0274. The van der Waals surface area contributed by atoms with Gasteiger partial charge in [0.2, 0.25) is 15.9 Å².